The molecule has 0 aliphatic carbocycles. The van der Waals surface area contributed by atoms with E-state index in [2.05, 4.69) is 15.7 Å². The number of aromatic amines is 1. The molecule has 0 saturated heterocycles. The smallest absolute Gasteiger partial charge is 0.251 e. The minimum absolute atomic E-state index is 0.0986. The van der Waals surface area contributed by atoms with Crippen LogP contribution in [0.15, 0.2) is 35.3 Å². The van der Waals surface area contributed by atoms with Gasteiger partial charge in [0.25, 0.3) is 5.91 Å². The van der Waals surface area contributed by atoms with Gasteiger partial charge in [0.15, 0.2) is 5.43 Å². The van der Waals surface area contributed by atoms with E-state index in [-0.39, 0.29) is 17.9 Å². The molecular weight excluding hydrogens is 352 g/mol. The lowest BCUT2D eigenvalue weighted by molar-refractivity contribution is 0.0950. The molecule has 0 saturated carbocycles. The number of carbonyl (C=O) groups excluding carboxylic acids is 1. The van der Waals surface area contributed by atoms with Gasteiger partial charge in [-0.3, -0.25) is 14.1 Å². The highest BCUT2D eigenvalue weighted by molar-refractivity contribution is 6.31. The lowest BCUT2D eigenvalue weighted by atomic mass is 10.1. The molecule has 136 valence electrons. The SMILES string of the molecule is CCNc1cc(Cl)cc(C(=O)NCc2c(=O)cc(C)n3[nH]ccc23)c1C. The van der Waals surface area contributed by atoms with E-state index in [9.17, 15) is 9.59 Å². The quantitative estimate of drug-likeness (QED) is 0.643. The summed E-state index contributed by atoms with van der Waals surface area (Å²) in [4.78, 5) is 25.0. The highest BCUT2D eigenvalue weighted by Gasteiger charge is 2.15. The third kappa shape index (κ3) is 3.32. The van der Waals surface area contributed by atoms with Gasteiger partial charge in [-0.2, -0.15) is 0 Å². The highest BCUT2D eigenvalue weighted by atomic mass is 35.5. The Hall–Kier alpha value is -2.73. The Labute approximate surface area is 156 Å². The van der Waals surface area contributed by atoms with Crippen molar-refractivity contribution >= 4 is 28.7 Å². The molecule has 7 heteroatoms. The van der Waals surface area contributed by atoms with Gasteiger partial charge in [0.2, 0.25) is 0 Å². The van der Waals surface area contributed by atoms with Crippen molar-refractivity contribution in [2.45, 2.75) is 27.3 Å². The summed E-state index contributed by atoms with van der Waals surface area (Å²) in [5.41, 5.74) is 4.15. The Balaban J connectivity index is 1.89. The summed E-state index contributed by atoms with van der Waals surface area (Å²) in [6, 6.07) is 6.82. The molecule has 3 rings (SSSR count). The molecule has 6 nitrogen and oxygen atoms in total. The van der Waals surface area contributed by atoms with Crippen LogP contribution in [-0.2, 0) is 6.54 Å². The van der Waals surface area contributed by atoms with Crippen molar-refractivity contribution in [1.82, 2.24) is 14.9 Å². The molecule has 0 aliphatic rings. The van der Waals surface area contributed by atoms with Gasteiger partial charge in [-0.25, -0.2) is 0 Å². The molecule has 2 aromatic heterocycles. The number of aromatic nitrogens is 2. The Morgan fingerprint density at radius 3 is 2.77 bits per heavy atom. The van der Waals surface area contributed by atoms with Crippen molar-refractivity contribution in [3.8, 4) is 0 Å². The van der Waals surface area contributed by atoms with Crippen molar-refractivity contribution in [1.29, 1.82) is 0 Å². The number of halogens is 1. The summed E-state index contributed by atoms with van der Waals surface area (Å²) in [6.07, 6.45) is 1.76. The maximum Gasteiger partial charge on any atom is 0.251 e. The van der Waals surface area contributed by atoms with Crippen LogP contribution < -0.4 is 16.1 Å². The molecule has 0 fully saturated rings. The number of pyridine rings is 1. The minimum atomic E-state index is -0.266. The number of aryl methyl sites for hydroxylation is 1. The molecule has 0 unspecified atom stereocenters. The molecule has 0 atom stereocenters. The third-order valence-corrected chi connectivity index (χ3v) is 4.61. The fraction of sp³-hybridized carbons (Fsp3) is 0.263. The summed E-state index contributed by atoms with van der Waals surface area (Å²) in [7, 11) is 0. The Kier molecular flexibility index (Phi) is 5.04. The second-order valence-corrected chi connectivity index (χ2v) is 6.59. The van der Waals surface area contributed by atoms with Crippen molar-refractivity contribution < 1.29 is 4.79 Å². The van der Waals surface area contributed by atoms with Crippen LogP contribution in [0, 0.1) is 13.8 Å². The molecule has 0 spiro atoms. The van der Waals surface area contributed by atoms with Gasteiger partial charge in [-0.15, -0.1) is 0 Å². The van der Waals surface area contributed by atoms with Crippen LogP contribution in [0.2, 0.25) is 5.02 Å². The van der Waals surface area contributed by atoms with Crippen LogP contribution in [0.4, 0.5) is 5.69 Å². The van der Waals surface area contributed by atoms with Crippen LogP contribution in [0.3, 0.4) is 0 Å². The summed E-state index contributed by atoms with van der Waals surface area (Å²) in [5.74, 6) is -0.266. The second kappa shape index (κ2) is 7.25. The number of benzene rings is 1. The molecule has 3 N–H and O–H groups in total. The van der Waals surface area contributed by atoms with Crippen molar-refractivity contribution in [2.24, 2.45) is 0 Å². The van der Waals surface area contributed by atoms with Crippen molar-refractivity contribution in [2.75, 3.05) is 11.9 Å². The molecule has 1 amide bonds. The van der Waals surface area contributed by atoms with Crippen LogP contribution >= 0.6 is 11.6 Å². The van der Waals surface area contributed by atoms with Gasteiger partial charge < -0.3 is 15.7 Å². The van der Waals surface area contributed by atoms with Crippen LogP contribution in [0.1, 0.15) is 34.1 Å². The Bertz CT molecular complexity index is 1040. The van der Waals surface area contributed by atoms with E-state index in [1.807, 2.05) is 31.4 Å². The fourth-order valence-corrected chi connectivity index (χ4v) is 3.28. The van der Waals surface area contributed by atoms with Gasteiger partial charge in [0.05, 0.1) is 5.52 Å². The van der Waals surface area contributed by atoms with Crippen molar-refractivity contribution in [3.05, 3.63) is 68.1 Å². The zero-order valence-electron chi connectivity index (χ0n) is 14.9. The maximum atomic E-state index is 12.7. The van der Waals surface area contributed by atoms with Crippen LogP contribution in [0.25, 0.3) is 5.52 Å². The largest absolute Gasteiger partial charge is 0.385 e. The van der Waals surface area contributed by atoms with Crippen molar-refractivity contribution in [3.63, 3.8) is 0 Å². The first kappa shape index (κ1) is 18.1. The van der Waals surface area contributed by atoms with E-state index in [4.69, 9.17) is 11.6 Å². The Morgan fingerprint density at radius 2 is 2.04 bits per heavy atom. The lowest BCUT2D eigenvalue weighted by Crippen LogP contribution is -2.27. The number of anilines is 1. The molecule has 0 aliphatic heterocycles. The van der Waals surface area contributed by atoms with E-state index in [1.54, 1.807) is 24.4 Å². The average molecular weight is 373 g/mol. The lowest BCUT2D eigenvalue weighted by Gasteiger charge is -2.14. The van der Waals surface area contributed by atoms with Crippen LogP contribution in [0.5, 0.6) is 0 Å². The predicted molar refractivity (Wildman–Crippen MR) is 104 cm³/mol. The molecular formula is C19H21ClN4O2. The summed E-state index contributed by atoms with van der Waals surface area (Å²) >= 11 is 6.15. The van der Waals surface area contributed by atoms with E-state index >= 15 is 0 Å². The summed E-state index contributed by atoms with van der Waals surface area (Å²) in [5, 5.41) is 9.58. The Morgan fingerprint density at radius 1 is 1.27 bits per heavy atom. The van der Waals surface area contributed by atoms with Crippen LogP contribution in [-0.4, -0.2) is 22.1 Å². The zero-order valence-corrected chi connectivity index (χ0v) is 15.7. The normalized spacial score (nSPS) is 10.9. The fourth-order valence-electron chi connectivity index (χ4n) is 3.06. The number of nitrogens with zero attached hydrogens (tertiary/aromatic N) is 1. The number of fused-ring (bicyclic) bond motifs is 1. The molecule has 26 heavy (non-hydrogen) atoms. The number of nitrogens with one attached hydrogen (secondary N) is 3. The van der Waals surface area contributed by atoms with E-state index < -0.39 is 0 Å². The van der Waals surface area contributed by atoms with Gasteiger partial charge in [-0.1, -0.05) is 11.6 Å². The number of hydrogen-bond acceptors (Lipinski definition) is 3. The standard InChI is InChI=1S/C19H21ClN4O2/c1-4-21-16-9-13(20)8-14(12(16)3)19(26)22-10-15-17-5-6-23-24(17)11(2)7-18(15)25/h5-9,21,23H,4,10H2,1-3H3,(H,22,26). The molecule has 2 heterocycles. The number of amides is 1. The first-order chi connectivity index (χ1) is 12.4. The summed E-state index contributed by atoms with van der Waals surface area (Å²) in [6.45, 7) is 6.57. The van der Waals surface area contributed by atoms with Gasteiger partial charge >= 0.3 is 0 Å². The zero-order chi connectivity index (χ0) is 18.8. The van der Waals surface area contributed by atoms with Gasteiger partial charge in [0, 0.05) is 52.9 Å². The molecule has 3 aromatic rings. The number of H-pyrrole nitrogens is 1. The van der Waals surface area contributed by atoms with E-state index in [0.29, 0.717) is 16.1 Å². The van der Waals surface area contributed by atoms with Gasteiger partial charge in [0.1, 0.15) is 0 Å². The first-order valence-electron chi connectivity index (χ1n) is 8.43. The van der Waals surface area contributed by atoms with E-state index in [0.717, 1.165) is 29.0 Å². The summed E-state index contributed by atoms with van der Waals surface area (Å²) < 4.78 is 1.82. The highest BCUT2D eigenvalue weighted by Crippen LogP contribution is 2.25. The molecule has 0 bridgehead atoms. The van der Waals surface area contributed by atoms with Gasteiger partial charge in [-0.05, 0) is 44.5 Å². The third-order valence-electron chi connectivity index (χ3n) is 4.40. The number of hydrogen-bond donors (Lipinski definition) is 3. The second-order valence-electron chi connectivity index (χ2n) is 6.15. The monoisotopic (exact) mass is 372 g/mol. The first-order valence-corrected chi connectivity index (χ1v) is 8.81. The minimum Gasteiger partial charge on any atom is -0.385 e. The topological polar surface area (TPSA) is 78.4 Å². The molecule has 0 radical (unpaired) electrons. The number of rotatable bonds is 5. The van der Waals surface area contributed by atoms with E-state index in [1.165, 1.54) is 0 Å². The number of carbonyl (C=O) groups is 1. The molecule has 1 aromatic carbocycles. The maximum absolute atomic E-state index is 12.7. The predicted octanol–water partition coefficient (Wildman–Crippen LogP) is 3.26. The average Bonchev–Trinajstić information content (AvgIpc) is 3.07.